The number of pyridine rings is 1. The average Bonchev–Trinajstić information content (AvgIpc) is 2.70. The summed E-state index contributed by atoms with van der Waals surface area (Å²) in [5.74, 6) is 0.554. The van der Waals surface area contributed by atoms with Crippen molar-refractivity contribution in [2.45, 2.75) is 26.7 Å². The largest absolute Gasteiger partial charge is 0.423 e. The lowest BCUT2D eigenvalue weighted by Gasteiger charge is -2.02. The van der Waals surface area contributed by atoms with E-state index in [2.05, 4.69) is 22.1 Å². The lowest BCUT2D eigenvalue weighted by atomic mass is 10.1. The summed E-state index contributed by atoms with van der Waals surface area (Å²) in [5, 5.41) is 7.55. The normalized spacial score (nSPS) is 10.5. The van der Waals surface area contributed by atoms with Crippen LogP contribution in [0, 0.1) is 6.92 Å². The molecule has 0 amide bonds. The summed E-state index contributed by atoms with van der Waals surface area (Å²) in [6.07, 6.45) is 3.40. The van der Waals surface area contributed by atoms with Crippen molar-refractivity contribution in [3.8, 4) is 11.5 Å². The highest BCUT2D eigenvalue weighted by Gasteiger charge is 2.06. The van der Waals surface area contributed by atoms with E-state index in [1.807, 2.05) is 19.1 Å². The SMILES string of the molecule is CCCc1cc(-c2nnco2)cc(C)n1. The zero-order valence-electron chi connectivity index (χ0n) is 8.90. The van der Waals surface area contributed by atoms with E-state index in [1.165, 1.54) is 6.39 Å². The molecule has 2 rings (SSSR count). The maximum atomic E-state index is 5.16. The fourth-order valence-corrected chi connectivity index (χ4v) is 1.54. The van der Waals surface area contributed by atoms with Crippen molar-refractivity contribution >= 4 is 0 Å². The minimum absolute atomic E-state index is 0.554. The van der Waals surface area contributed by atoms with Crippen LogP contribution in [0.25, 0.3) is 11.5 Å². The Bertz CT molecular complexity index is 437. The van der Waals surface area contributed by atoms with Gasteiger partial charge in [0.15, 0.2) is 0 Å². The van der Waals surface area contributed by atoms with Crippen LogP contribution in [-0.4, -0.2) is 15.2 Å². The van der Waals surface area contributed by atoms with Crippen LogP contribution in [0.15, 0.2) is 22.9 Å². The molecule has 0 bridgehead atoms. The third kappa shape index (κ3) is 2.21. The Morgan fingerprint density at radius 1 is 1.33 bits per heavy atom. The second-order valence-corrected chi connectivity index (χ2v) is 3.48. The second kappa shape index (κ2) is 4.21. The molecule has 2 aromatic heterocycles. The van der Waals surface area contributed by atoms with Crippen LogP contribution in [0.5, 0.6) is 0 Å². The molecule has 4 heteroatoms. The van der Waals surface area contributed by atoms with Crippen LogP contribution in [0.1, 0.15) is 24.7 Å². The molecule has 0 saturated heterocycles. The Kier molecular flexibility index (Phi) is 2.76. The van der Waals surface area contributed by atoms with Crippen molar-refractivity contribution in [2.24, 2.45) is 0 Å². The average molecular weight is 203 g/mol. The minimum atomic E-state index is 0.554. The fourth-order valence-electron chi connectivity index (χ4n) is 1.54. The smallest absolute Gasteiger partial charge is 0.247 e. The molecule has 0 N–H and O–H groups in total. The van der Waals surface area contributed by atoms with Gasteiger partial charge in [0.2, 0.25) is 12.3 Å². The van der Waals surface area contributed by atoms with Gasteiger partial charge < -0.3 is 4.42 Å². The summed E-state index contributed by atoms with van der Waals surface area (Å²) in [7, 11) is 0. The van der Waals surface area contributed by atoms with Crippen LogP contribution in [-0.2, 0) is 6.42 Å². The maximum Gasteiger partial charge on any atom is 0.247 e. The Balaban J connectivity index is 2.40. The molecule has 0 aliphatic rings. The summed E-state index contributed by atoms with van der Waals surface area (Å²) in [6, 6.07) is 3.96. The summed E-state index contributed by atoms with van der Waals surface area (Å²) >= 11 is 0. The zero-order chi connectivity index (χ0) is 10.7. The Hall–Kier alpha value is -1.71. The van der Waals surface area contributed by atoms with E-state index in [0.29, 0.717) is 5.89 Å². The van der Waals surface area contributed by atoms with Crippen LogP contribution in [0.2, 0.25) is 0 Å². The highest BCUT2D eigenvalue weighted by molar-refractivity contribution is 5.53. The molecule has 2 aromatic rings. The van der Waals surface area contributed by atoms with E-state index >= 15 is 0 Å². The first-order valence-corrected chi connectivity index (χ1v) is 5.03. The number of rotatable bonds is 3. The quantitative estimate of drug-likeness (QED) is 0.768. The monoisotopic (exact) mass is 203 g/mol. The van der Waals surface area contributed by atoms with Gasteiger partial charge in [0.1, 0.15) is 0 Å². The highest BCUT2D eigenvalue weighted by atomic mass is 16.4. The lowest BCUT2D eigenvalue weighted by Crippen LogP contribution is -1.93. The van der Waals surface area contributed by atoms with Gasteiger partial charge >= 0.3 is 0 Å². The topological polar surface area (TPSA) is 51.8 Å². The van der Waals surface area contributed by atoms with Gasteiger partial charge in [-0.15, -0.1) is 10.2 Å². The molecule has 0 spiro atoms. The molecule has 2 heterocycles. The van der Waals surface area contributed by atoms with Gasteiger partial charge in [0, 0.05) is 17.0 Å². The molecule has 4 nitrogen and oxygen atoms in total. The molecule has 0 aromatic carbocycles. The van der Waals surface area contributed by atoms with Gasteiger partial charge in [-0.3, -0.25) is 4.98 Å². The summed E-state index contributed by atoms with van der Waals surface area (Å²) < 4.78 is 5.16. The summed E-state index contributed by atoms with van der Waals surface area (Å²) in [5.41, 5.74) is 3.00. The number of nitrogens with zero attached hydrogens (tertiary/aromatic N) is 3. The third-order valence-electron chi connectivity index (χ3n) is 2.12. The molecule has 0 radical (unpaired) electrons. The molecule has 0 aliphatic carbocycles. The van der Waals surface area contributed by atoms with Crippen molar-refractivity contribution in [1.82, 2.24) is 15.2 Å². The van der Waals surface area contributed by atoms with Gasteiger partial charge in [0.05, 0.1) is 0 Å². The van der Waals surface area contributed by atoms with Crippen LogP contribution in [0.3, 0.4) is 0 Å². The first kappa shape index (κ1) is 9.83. The predicted molar refractivity (Wildman–Crippen MR) is 56.3 cm³/mol. The fraction of sp³-hybridized carbons (Fsp3) is 0.364. The molecule has 0 saturated carbocycles. The van der Waals surface area contributed by atoms with Crippen molar-refractivity contribution < 1.29 is 4.42 Å². The molecule has 0 unspecified atom stereocenters. The molecule has 0 atom stereocenters. The van der Waals surface area contributed by atoms with Crippen molar-refractivity contribution in [3.63, 3.8) is 0 Å². The van der Waals surface area contributed by atoms with E-state index in [1.54, 1.807) is 0 Å². The van der Waals surface area contributed by atoms with Crippen molar-refractivity contribution in [2.75, 3.05) is 0 Å². The van der Waals surface area contributed by atoms with Crippen molar-refractivity contribution in [3.05, 3.63) is 29.9 Å². The maximum absolute atomic E-state index is 5.16. The van der Waals surface area contributed by atoms with Gasteiger partial charge in [0.25, 0.3) is 0 Å². The molecule has 0 aliphatic heterocycles. The number of hydrogen-bond donors (Lipinski definition) is 0. The first-order chi connectivity index (χ1) is 7.29. The van der Waals surface area contributed by atoms with Crippen LogP contribution >= 0.6 is 0 Å². The number of aromatic nitrogens is 3. The lowest BCUT2D eigenvalue weighted by molar-refractivity contribution is 0.568. The molecular weight excluding hydrogens is 190 g/mol. The number of aryl methyl sites for hydroxylation is 2. The molecular formula is C11H13N3O. The Morgan fingerprint density at radius 2 is 2.20 bits per heavy atom. The van der Waals surface area contributed by atoms with Gasteiger partial charge in [-0.2, -0.15) is 0 Å². The molecule has 78 valence electrons. The minimum Gasteiger partial charge on any atom is -0.423 e. The third-order valence-corrected chi connectivity index (χ3v) is 2.12. The van der Waals surface area contributed by atoms with Gasteiger partial charge in [-0.05, 0) is 25.5 Å². The van der Waals surface area contributed by atoms with E-state index in [4.69, 9.17) is 4.42 Å². The van der Waals surface area contributed by atoms with Crippen LogP contribution < -0.4 is 0 Å². The zero-order valence-corrected chi connectivity index (χ0v) is 8.90. The first-order valence-electron chi connectivity index (χ1n) is 5.03. The van der Waals surface area contributed by atoms with E-state index in [9.17, 15) is 0 Å². The second-order valence-electron chi connectivity index (χ2n) is 3.48. The standard InChI is InChI=1S/C11H13N3O/c1-3-4-10-6-9(5-8(2)13-10)11-14-12-7-15-11/h5-7H,3-4H2,1-2H3. The van der Waals surface area contributed by atoms with Gasteiger partial charge in [-0.25, -0.2) is 0 Å². The predicted octanol–water partition coefficient (Wildman–Crippen LogP) is 2.39. The summed E-state index contributed by atoms with van der Waals surface area (Å²) in [6.45, 7) is 4.11. The van der Waals surface area contributed by atoms with Crippen molar-refractivity contribution in [1.29, 1.82) is 0 Å². The Morgan fingerprint density at radius 3 is 2.87 bits per heavy atom. The summed E-state index contributed by atoms with van der Waals surface area (Å²) in [4.78, 5) is 4.44. The van der Waals surface area contributed by atoms with Gasteiger partial charge in [-0.1, -0.05) is 13.3 Å². The Labute approximate surface area is 88.4 Å². The number of hydrogen-bond acceptors (Lipinski definition) is 4. The highest BCUT2D eigenvalue weighted by Crippen LogP contribution is 2.18. The van der Waals surface area contributed by atoms with E-state index in [-0.39, 0.29) is 0 Å². The molecule has 15 heavy (non-hydrogen) atoms. The van der Waals surface area contributed by atoms with Crippen LogP contribution in [0.4, 0.5) is 0 Å². The van der Waals surface area contributed by atoms with E-state index in [0.717, 1.165) is 29.8 Å². The van der Waals surface area contributed by atoms with E-state index < -0.39 is 0 Å². The molecule has 0 fully saturated rings.